The lowest BCUT2D eigenvalue weighted by molar-refractivity contribution is -0.387. The number of aromatic amines is 1. The molecule has 1 saturated heterocycles. The number of hydrogen-bond donors (Lipinski definition) is 1. The molecule has 2 amide bonds. The first-order valence-electron chi connectivity index (χ1n) is 10.7. The van der Waals surface area contributed by atoms with Crippen LogP contribution in [0, 0.1) is 21.8 Å². The van der Waals surface area contributed by atoms with E-state index in [0.717, 1.165) is 12.1 Å². The van der Waals surface area contributed by atoms with Crippen LogP contribution in [0.15, 0.2) is 47.3 Å². The van der Waals surface area contributed by atoms with Crippen molar-refractivity contribution in [3.05, 3.63) is 74.6 Å². The van der Waals surface area contributed by atoms with Crippen molar-refractivity contribution in [1.82, 2.24) is 14.9 Å². The monoisotopic (exact) mass is 467 g/mol. The van der Waals surface area contributed by atoms with Crippen LogP contribution in [0.3, 0.4) is 0 Å². The zero-order chi connectivity index (χ0) is 24.6. The number of nitrogens with zero attached hydrogens (tertiary/aromatic N) is 4. The molecule has 1 aromatic heterocycles. The van der Waals surface area contributed by atoms with Gasteiger partial charge in [-0.05, 0) is 38.1 Å². The highest BCUT2D eigenvalue weighted by Crippen LogP contribution is 2.30. The number of rotatable bonds is 6. The van der Waals surface area contributed by atoms with Crippen LogP contribution < -0.4 is 10.5 Å². The standard InChI is InChI=1S/C23H22FN5O5/c1-13(2)27(12-20-25-18-6-4-3-5-16(18)22(31)26-20)23(32)14-9-21(30)28(11-14)15-7-8-17(24)19(10-15)29(33)34/h3-8,10,13-14H,9,11-12H2,1-2H3,(H,25,26,31). The van der Waals surface area contributed by atoms with Crippen LogP contribution in [0.5, 0.6) is 0 Å². The van der Waals surface area contributed by atoms with E-state index in [0.29, 0.717) is 16.7 Å². The molecule has 0 saturated carbocycles. The zero-order valence-corrected chi connectivity index (χ0v) is 18.5. The Hall–Kier alpha value is -4.15. The molecule has 1 aliphatic heterocycles. The normalized spacial score (nSPS) is 15.8. The van der Waals surface area contributed by atoms with Crippen molar-refractivity contribution < 1.29 is 18.9 Å². The molecule has 1 unspecified atom stereocenters. The van der Waals surface area contributed by atoms with Crippen molar-refractivity contribution in [3.8, 4) is 0 Å². The Balaban J connectivity index is 1.56. The predicted molar refractivity (Wildman–Crippen MR) is 122 cm³/mol. The molecule has 1 aliphatic rings. The average molecular weight is 467 g/mol. The van der Waals surface area contributed by atoms with Gasteiger partial charge in [0.1, 0.15) is 5.82 Å². The fourth-order valence-corrected chi connectivity index (χ4v) is 4.05. The van der Waals surface area contributed by atoms with Gasteiger partial charge in [-0.2, -0.15) is 4.39 Å². The fraction of sp³-hybridized carbons (Fsp3) is 0.304. The maximum absolute atomic E-state index is 13.7. The summed E-state index contributed by atoms with van der Waals surface area (Å²) in [6.07, 6.45) is -0.0884. The van der Waals surface area contributed by atoms with Gasteiger partial charge in [0.2, 0.25) is 17.6 Å². The largest absolute Gasteiger partial charge is 0.332 e. The molecule has 1 N–H and O–H groups in total. The number of anilines is 1. The molecule has 34 heavy (non-hydrogen) atoms. The molecular weight excluding hydrogens is 445 g/mol. The molecule has 0 aliphatic carbocycles. The van der Waals surface area contributed by atoms with E-state index in [1.807, 2.05) is 13.8 Å². The maximum Gasteiger partial charge on any atom is 0.306 e. The lowest BCUT2D eigenvalue weighted by Crippen LogP contribution is -2.42. The molecule has 11 heteroatoms. The van der Waals surface area contributed by atoms with Crippen molar-refractivity contribution in [2.75, 3.05) is 11.4 Å². The number of para-hydroxylation sites is 1. The molecule has 3 aromatic rings. The summed E-state index contributed by atoms with van der Waals surface area (Å²) in [5, 5.41) is 11.5. The number of aromatic nitrogens is 2. The van der Waals surface area contributed by atoms with Crippen LogP contribution in [-0.2, 0) is 16.1 Å². The van der Waals surface area contributed by atoms with Crippen LogP contribution in [0.2, 0.25) is 0 Å². The number of H-pyrrole nitrogens is 1. The van der Waals surface area contributed by atoms with E-state index in [1.54, 1.807) is 24.3 Å². The van der Waals surface area contributed by atoms with Gasteiger partial charge in [0.15, 0.2) is 0 Å². The predicted octanol–water partition coefficient (Wildman–Crippen LogP) is 2.76. The van der Waals surface area contributed by atoms with E-state index in [9.17, 15) is 28.9 Å². The van der Waals surface area contributed by atoms with Gasteiger partial charge in [-0.3, -0.25) is 24.5 Å². The molecule has 1 fully saturated rings. The van der Waals surface area contributed by atoms with Gasteiger partial charge in [0.05, 0.1) is 34.0 Å². The molecule has 0 bridgehead atoms. The number of nitro groups is 1. The van der Waals surface area contributed by atoms with E-state index in [4.69, 9.17) is 0 Å². The van der Waals surface area contributed by atoms with Crippen molar-refractivity contribution in [3.63, 3.8) is 0 Å². The molecule has 0 radical (unpaired) electrons. The number of hydrogen-bond acceptors (Lipinski definition) is 6. The SMILES string of the molecule is CC(C)N(Cc1nc2ccccc2c(=O)[nH]1)C(=O)C1CC(=O)N(c2ccc(F)c([N+](=O)[O-])c2)C1. The third-order valence-corrected chi connectivity index (χ3v) is 5.80. The second-order valence-electron chi connectivity index (χ2n) is 8.39. The Morgan fingerprint density at radius 1 is 1.29 bits per heavy atom. The molecule has 4 rings (SSSR count). The lowest BCUT2D eigenvalue weighted by Gasteiger charge is -2.29. The highest BCUT2D eigenvalue weighted by molar-refractivity contribution is 6.00. The first kappa shape index (κ1) is 23.0. The second-order valence-corrected chi connectivity index (χ2v) is 8.39. The first-order chi connectivity index (χ1) is 16.2. The molecule has 2 heterocycles. The highest BCUT2D eigenvalue weighted by atomic mass is 19.1. The van der Waals surface area contributed by atoms with E-state index >= 15 is 0 Å². The van der Waals surface area contributed by atoms with Gasteiger partial charge in [-0.25, -0.2) is 4.98 Å². The summed E-state index contributed by atoms with van der Waals surface area (Å²) in [5.41, 5.74) is -0.380. The summed E-state index contributed by atoms with van der Waals surface area (Å²) in [7, 11) is 0. The fourth-order valence-electron chi connectivity index (χ4n) is 4.05. The van der Waals surface area contributed by atoms with Crippen molar-refractivity contribution in [2.45, 2.75) is 32.9 Å². The maximum atomic E-state index is 13.7. The third-order valence-electron chi connectivity index (χ3n) is 5.80. The number of carbonyl (C=O) groups excluding carboxylic acids is 2. The Kier molecular flexibility index (Phi) is 6.10. The summed E-state index contributed by atoms with van der Waals surface area (Å²) in [5.74, 6) is -2.08. The summed E-state index contributed by atoms with van der Waals surface area (Å²) >= 11 is 0. The van der Waals surface area contributed by atoms with Crippen LogP contribution >= 0.6 is 0 Å². The van der Waals surface area contributed by atoms with Gasteiger partial charge in [0.25, 0.3) is 5.56 Å². The number of amides is 2. The summed E-state index contributed by atoms with van der Waals surface area (Å²) in [4.78, 5) is 58.5. The zero-order valence-electron chi connectivity index (χ0n) is 18.5. The summed E-state index contributed by atoms with van der Waals surface area (Å²) < 4.78 is 13.7. The molecule has 2 aromatic carbocycles. The quantitative estimate of drug-likeness (QED) is 0.438. The molecular formula is C23H22FN5O5. The smallest absolute Gasteiger partial charge is 0.306 e. The minimum atomic E-state index is -1.00. The summed E-state index contributed by atoms with van der Waals surface area (Å²) in [6, 6.07) is 9.82. The number of fused-ring (bicyclic) bond motifs is 1. The van der Waals surface area contributed by atoms with E-state index < -0.39 is 22.3 Å². The Morgan fingerprint density at radius 3 is 2.74 bits per heavy atom. The molecule has 176 valence electrons. The summed E-state index contributed by atoms with van der Waals surface area (Å²) in [6.45, 7) is 3.68. The van der Waals surface area contributed by atoms with E-state index in [2.05, 4.69) is 9.97 Å². The highest BCUT2D eigenvalue weighted by Gasteiger charge is 2.38. The van der Waals surface area contributed by atoms with Gasteiger partial charge in [-0.15, -0.1) is 0 Å². The minimum Gasteiger partial charge on any atom is -0.332 e. The van der Waals surface area contributed by atoms with E-state index in [1.165, 1.54) is 15.9 Å². The van der Waals surface area contributed by atoms with Crippen LogP contribution in [0.4, 0.5) is 15.8 Å². The number of halogens is 1. The average Bonchev–Trinajstić information content (AvgIpc) is 3.18. The van der Waals surface area contributed by atoms with Gasteiger partial charge in [-0.1, -0.05) is 12.1 Å². The van der Waals surface area contributed by atoms with Gasteiger partial charge >= 0.3 is 5.69 Å². The van der Waals surface area contributed by atoms with Crippen molar-refractivity contribution in [1.29, 1.82) is 0 Å². The molecule has 10 nitrogen and oxygen atoms in total. The molecule has 0 spiro atoms. The minimum absolute atomic E-state index is 0.00530. The lowest BCUT2D eigenvalue weighted by atomic mass is 10.1. The van der Waals surface area contributed by atoms with Crippen LogP contribution in [0.1, 0.15) is 26.1 Å². The van der Waals surface area contributed by atoms with E-state index in [-0.39, 0.29) is 48.6 Å². The first-order valence-corrected chi connectivity index (χ1v) is 10.7. The third kappa shape index (κ3) is 4.36. The Bertz CT molecular complexity index is 1360. The topological polar surface area (TPSA) is 130 Å². The number of benzene rings is 2. The van der Waals surface area contributed by atoms with Crippen molar-refractivity contribution in [2.24, 2.45) is 5.92 Å². The number of carbonyl (C=O) groups is 2. The number of nitrogens with one attached hydrogen (secondary N) is 1. The van der Waals surface area contributed by atoms with Crippen LogP contribution in [-0.4, -0.2) is 44.2 Å². The Morgan fingerprint density at radius 2 is 2.03 bits per heavy atom. The van der Waals surface area contributed by atoms with Crippen molar-refractivity contribution >= 4 is 34.1 Å². The second kappa shape index (κ2) is 9.00. The molecule has 1 atom stereocenters. The number of nitro benzene ring substituents is 1. The Labute approximate surface area is 193 Å². The van der Waals surface area contributed by atoms with Gasteiger partial charge < -0.3 is 14.8 Å². The van der Waals surface area contributed by atoms with Gasteiger partial charge in [0, 0.05) is 25.1 Å². The van der Waals surface area contributed by atoms with Crippen LogP contribution in [0.25, 0.3) is 10.9 Å².